The maximum Gasteiger partial charge on any atom is 0.238 e. The van der Waals surface area contributed by atoms with E-state index in [1.54, 1.807) is 19.2 Å². The quantitative estimate of drug-likeness (QED) is 0.733. The van der Waals surface area contributed by atoms with E-state index in [0.29, 0.717) is 10.2 Å². The van der Waals surface area contributed by atoms with Crippen LogP contribution in [0.4, 0.5) is 5.69 Å². The number of hydrogen-bond acceptors (Lipinski definition) is 3. The molecule has 0 unspecified atom stereocenters. The molecule has 0 aromatic heterocycles. The molecule has 1 rings (SSSR count). The molecule has 1 aromatic carbocycles. The number of halogens is 1. The van der Waals surface area contributed by atoms with Crippen molar-refractivity contribution in [2.24, 2.45) is 0 Å². The fraction of sp³-hybridized carbons (Fsp3) is 0.300. The number of rotatable bonds is 3. The lowest BCUT2D eigenvalue weighted by Crippen LogP contribution is -2.25. The number of phenolic OH excluding ortho intramolecular Hbond substituents is 1. The summed E-state index contributed by atoms with van der Waals surface area (Å²) >= 11 is 3.21. The van der Waals surface area contributed by atoms with E-state index in [-0.39, 0.29) is 18.2 Å². The van der Waals surface area contributed by atoms with Gasteiger partial charge in [-0.15, -0.1) is 0 Å². The predicted octanol–water partition coefficient (Wildman–Crippen LogP) is 1.62. The number of aromatic hydroxyl groups is 1. The number of phenols is 1. The van der Waals surface area contributed by atoms with E-state index in [1.807, 2.05) is 6.92 Å². The molecule has 5 heteroatoms. The van der Waals surface area contributed by atoms with Gasteiger partial charge in [-0.1, -0.05) is 0 Å². The van der Waals surface area contributed by atoms with Gasteiger partial charge >= 0.3 is 0 Å². The minimum Gasteiger partial charge on any atom is -0.505 e. The Morgan fingerprint density at radius 3 is 2.80 bits per heavy atom. The van der Waals surface area contributed by atoms with Gasteiger partial charge in [0.25, 0.3) is 0 Å². The molecule has 0 aliphatic rings. The average Bonchev–Trinajstić information content (AvgIpc) is 2.13. The molecule has 0 aliphatic heterocycles. The first-order valence-corrected chi connectivity index (χ1v) is 5.27. The van der Waals surface area contributed by atoms with Crippen LogP contribution < -0.4 is 10.6 Å². The van der Waals surface area contributed by atoms with E-state index in [2.05, 4.69) is 26.6 Å². The molecule has 82 valence electrons. The van der Waals surface area contributed by atoms with Crippen LogP contribution in [0.5, 0.6) is 5.75 Å². The molecule has 0 radical (unpaired) electrons. The molecule has 0 spiro atoms. The van der Waals surface area contributed by atoms with Crippen molar-refractivity contribution in [3.8, 4) is 5.75 Å². The first-order valence-electron chi connectivity index (χ1n) is 4.48. The molecule has 0 heterocycles. The van der Waals surface area contributed by atoms with E-state index < -0.39 is 0 Å². The van der Waals surface area contributed by atoms with Crippen LogP contribution in [0, 0.1) is 6.92 Å². The van der Waals surface area contributed by atoms with E-state index in [4.69, 9.17) is 0 Å². The second-order valence-electron chi connectivity index (χ2n) is 3.22. The van der Waals surface area contributed by atoms with Crippen molar-refractivity contribution in [2.75, 3.05) is 18.9 Å². The Labute approximate surface area is 96.8 Å². The molecule has 1 amide bonds. The van der Waals surface area contributed by atoms with Gasteiger partial charge in [-0.05, 0) is 47.6 Å². The summed E-state index contributed by atoms with van der Waals surface area (Å²) in [5, 5.41) is 15.0. The zero-order valence-electron chi connectivity index (χ0n) is 8.60. The lowest BCUT2D eigenvalue weighted by molar-refractivity contribution is -0.115. The molecular formula is C10H13BrN2O2. The average molecular weight is 273 g/mol. The largest absolute Gasteiger partial charge is 0.505 e. The van der Waals surface area contributed by atoms with Gasteiger partial charge in [0.05, 0.1) is 16.7 Å². The highest BCUT2D eigenvalue weighted by Crippen LogP contribution is 2.33. The third-order valence-corrected chi connectivity index (χ3v) is 2.42. The van der Waals surface area contributed by atoms with Crippen LogP contribution in [0.3, 0.4) is 0 Å². The molecule has 1 aromatic rings. The Kier molecular flexibility index (Phi) is 4.11. The Morgan fingerprint density at radius 2 is 2.20 bits per heavy atom. The number of carbonyl (C=O) groups excluding carboxylic acids is 1. The molecule has 0 aliphatic carbocycles. The van der Waals surface area contributed by atoms with Crippen molar-refractivity contribution in [1.29, 1.82) is 0 Å². The zero-order valence-corrected chi connectivity index (χ0v) is 10.2. The van der Waals surface area contributed by atoms with Crippen LogP contribution in [0.2, 0.25) is 0 Å². The highest BCUT2D eigenvalue weighted by Gasteiger charge is 2.09. The summed E-state index contributed by atoms with van der Waals surface area (Å²) in [5.74, 6) is -0.143. The van der Waals surface area contributed by atoms with E-state index in [9.17, 15) is 9.90 Å². The number of likely N-dealkylation sites (N-methyl/N-ethyl adjacent to an activating group) is 1. The van der Waals surface area contributed by atoms with Crippen LogP contribution in [-0.2, 0) is 4.79 Å². The number of hydrogen-bond donors (Lipinski definition) is 3. The van der Waals surface area contributed by atoms with Gasteiger partial charge in [0, 0.05) is 0 Å². The predicted molar refractivity (Wildman–Crippen MR) is 63.1 cm³/mol. The van der Waals surface area contributed by atoms with Crippen molar-refractivity contribution < 1.29 is 9.90 Å². The maximum absolute atomic E-state index is 11.3. The van der Waals surface area contributed by atoms with Crippen molar-refractivity contribution in [1.82, 2.24) is 5.32 Å². The summed E-state index contributed by atoms with van der Waals surface area (Å²) in [6.45, 7) is 2.10. The summed E-state index contributed by atoms with van der Waals surface area (Å²) in [7, 11) is 1.69. The minimum atomic E-state index is -0.190. The van der Waals surface area contributed by atoms with E-state index in [0.717, 1.165) is 5.56 Å². The molecule has 3 N–H and O–H groups in total. The number of anilines is 1. The van der Waals surface area contributed by atoms with Crippen LogP contribution in [-0.4, -0.2) is 24.6 Å². The SMILES string of the molecule is CNCC(=O)Nc1cc(C)cc(Br)c1O. The Morgan fingerprint density at radius 1 is 1.53 bits per heavy atom. The second kappa shape index (κ2) is 5.14. The molecule has 0 saturated heterocycles. The van der Waals surface area contributed by atoms with Crippen LogP contribution in [0.1, 0.15) is 5.56 Å². The van der Waals surface area contributed by atoms with Gasteiger partial charge in [-0.2, -0.15) is 0 Å². The molecule has 15 heavy (non-hydrogen) atoms. The second-order valence-corrected chi connectivity index (χ2v) is 4.08. The first kappa shape index (κ1) is 12.0. The Hall–Kier alpha value is -1.07. The highest BCUT2D eigenvalue weighted by atomic mass is 79.9. The highest BCUT2D eigenvalue weighted by molar-refractivity contribution is 9.10. The number of aryl methyl sites for hydroxylation is 1. The standard InChI is InChI=1S/C10H13BrN2O2/c1-6-3-7(11)10(15)8(4-6)13-9(14)5-12-2/h3-4,12,15H,5H2,1-2H3,(H,13,14). The van der Waals surface area contributed by atoms with Crippen molar-refractivity contribution in [3.63, 3.8) is 0 Å². The van der Waals surface area contributed by atoms with Crippen molar-refractivity contribution >= 4 is 27.5 Å². The zero-order chi connectivity index (χ0) is 11.4. The van der Waals surface area contributed by atoms with Gasteiger partial charge in [-0.3, -0.25) is 4.79 Å². The van der Waals surface area contributed by atoms with Gasteiger partial charge < -0.3 is 15.7 Å². The minimum absolute atomic E-state index is 0.0463. The maximum atomic E-state index is 11.3. The third kappa shape index (κ3) is 3.21. The first-order chi connectivity index (χ1) is 7.04. The third-order valence-electron chi connectivity index (χ3n) is 1.82. The van der Waals surface area contributed by atoms with Gasteiger partial charge in [0.1, 0.15) is 0 Å². The smallest absolute Gasteiger partial charge is 0.238 e. The topological polar surface area (TPSA) is 61.4 Å². The summed E-state index contributed by atoms with van der Waals surface area (Å²) in [6.07, 6.45) is 0. The molecule has 0 saturated carbocycles. The molecule has 0 fully saturated rings. The number of benzene rings is 1. The van der Waals surface area contributed by atoms with Gasteiger partial charge in [0.15, 0.2) is 5.75 Å². The summed E-state index contributed by atoms with van der Waals surface area (Å²) in [4.78, 5) is 11.3. The van der Waals surface area contributed by atoms with Gasteiger partial charge in [-0.25, -0.2) is 0 Å². The Balaban J connectivity index is 2.89. The lowest BCUT2D eigenvalue weighted by atomic mass is 10.2. The van der Waals surface area contributed by atoms with E-state index in [1.165, 1.54) is 0 Å². The van der Waals surface area contributed by atoms with Crippen LogP contribution >= 0.6 is 15.9 Å². The van der Waals surface area contributed by atoms with Crippen LogP contribution in [0.15, 0.2) is 16.6 Å². The summed E-state index contributed by atoms with van der Waals surface area (Å²) in [5.41, 5.74) is 1.38. The van der Waals surface area contributed by atoms with E-state index >= 15 is 0 Å². The fourth-order valence-electron chi connectivity index (χ4n) is 1.18. The van der Waals surface area contributed by atoms with Crippen molar-refractivity contribution in [2.45, 2.75) is 6.92 Å². The summed E-state index contributed by atoms with van der Waals surface area (Å²) < 4.78 is 0.572. The van der Waals surface area contributed by atoms with Crippen molar-refractivity contribution in [3.05, 3.63) is 22.2 Å². The molecule has 4 nitrogen and oxygen atoms in total. The number of carbonyl (C=O) groups is 1. The number of amides is 1. The lowest BCUT2D eigenvalue weighted by Gasteiger charge is -2.09. The monoisotopic (exact) mass is 272 g/mol. The van der Waals surface area contributed by atoms with Crippen LogP contribution in [0.25, 0.3) is 0 Å². The molecular weight excluding hydrogens is 260 g/mol. The molecule has 0 atom stereocenters. The van der Waals surface area contributed by atoms with Gasteiger partial charge in [0.2, 0.25) is 5.91 Å². The molecule has 0 bridgehead atoms. The normalized spacial score (nSPS) is 10.1. The Bertz CT molecular complexity index is 380. The number of nitrogens with one attached hydrogen (secondary N) is 2. The fourth-order valence-corrected chi connectivity index (χ4v) is 1.76. The summed E-state index contributed by atoms with van der Waals surface area (Å²) in [6, 6.07) is 3.50.